The average molecular weight is 286 g/mol. The van der Waals surface area contributed by atoms with Crippen LogP contribution in [0.15, 0.2) is 42.5 Å². The highest BCUT2D eigenvalue weighted by Crippen LogP contribution is 2.29. The summed E-state index contributed by atoms with van der Waals surface area (Å²) >= 11 is 0. The fraction of sp³-hybridized carbons (Fsp3) is 0.125. The monoisotopic (exact) mass is 286 g/mol. The van der Waals surface area contributed by atoms with E-state index < -0.39 is 11.8 Å². The van der Waals surface area contributed by atoms with E-state index in [-0.39, 0.29) is 29.2 Å². The molecule has 5 nitrogen and oxygen atoms in total. The van der Waals surface area contributed by atoms with E-state index in [1.54, 1.807) is 0 Å². The Labute approximate surface area is 121 Å². The highest BCUT2D eigenvalue weighted by Gasteiger charge is 2.18. The van der Waals surface area contributed by atoms with Gasteiger partial charge in [-0.3, -0.25) is 4.79 Å². The van der Waals surface area contributed by atoms with Gasteiger partial charge in [-0.25, -0.2) is 4.79 Å². The van der Waals surface area contributed by atoms with Crippen molar-refractivity contribution in [2.45, 2.75) is 13.5 Å². The number of carbonyl (C=O) groups is 2. The lowest BCUT2D eigenvalue weighted by molar-refractivity contribution is 0.0691. The number of phenols is 1. The van der Waals surface area contributed by atoms with Crippen LogP contribution in [0.25, 0.3) is 0 Å². The van der Waals surface area contributed by atoms with Crippen molar-refractivity contribution in [1.29, 1.82) is 0 Å². The third kappa shape index (κ3) is 3.39. The van der Waals surface area contributed by atoms with Crippen LogP contribution < -0.4 is 4.74 Å². The van der Waals surface area contributed by atoms with E-state index in [0.29, 0.717) is 0 Å². The lowest BCUT2D eigenvalue weighted by Gasteiger charge is -2.11. The molecular weight excluding hydrogens is 272 g/mol. The van der Waals surface area contributed by atoms with Gasteiger partial charge in [0, 0.05) is 6.07 Å². The van der Waals surface area contributed by atoms with E-state index in [0.717, 1.165) is 17.7 Å². The Morgan fingerprint density at radius 2 is 1.76 bits per heavy atom. The molecule has 0 spiro atoms. The van der Waals surface area contributed by atoms with Crippen molar-refractivity contribution in [1.82, 2.24) is 0 Å². The number of hydrogen-bond donors (Lipinski definition) is 2. The van der Waals surface area contributed by atoms with Crippen molar-refractivity contribution in [2.24, 2.45) is 0 Å². The predicted molar refractivity (Wildman–Crippen MR) is 75.8 cm³/mol. The second kappa shape index (κ2) is 6.09. The zero-order valence-corrected chi connectivity index (χ0v) is 11.4. The summed E-state index contributed by atoms with van der Waals surface area (Å²) in [6.07, 6.45) is 0. The van der Waals surface area contributed by atoms with Crippen molar-refractivity contribution in [2.75, 3.05) is 0 Å². The van der Waals surface area contributed by atoms with Gasteiger partial charge in [-0.1, -0.05) is 30.3 Å². The Kier molecular flexibility index (Phi) is 4.23. The average Bonchev–Trinajstić information content (AvgIpc) is 2.45. The van der Waals surface area contributed by atoms with Crippen LogP contribution >= 0.6 is 0 Å². The van der Waals surface area contributed by atoms with Gasteiger partial charge in [-0.15, -0.1) is 0 Å². The lowest BCUT2D eigenvalue weighted by atomic mass is 10.1. The van der Waals surface area contributed by atoms with Crippen LogP contribution in [0.5, 0.6) is 11.5 Å². The molecule has 2 aromatic rings. The number of Topliss-reactive ketones (excluding diaryl/α,β-unsaturated/α-hetero) is 1. The van der Waals surface area contributed by atoms with Crippen LogP contribution in [0.2, 0.25) is 0 Å². The van der Waals surface area contributed by atoms with Crippen molar-refractivity contribution < 1.29 is 24.5 Å². The number of benzene rings is 2. The molecule has 0 atom stereocenters. The largest absolute Gasteiger partial charge is 0.507 e. The number of phenolic OH excluding ortho intramolecular Hbond substituents is 1. The zero-order chi connectivity index (χ0) is 15.4. The molecule has 5 heteroatoms. The molecule has 0 aliphatic rings. The van der Waals surface area contributed by atoms with Crippen molar-refractivity contribution in [3.8, 4) is 11.5 Å². The van der Waals surface area contributed by atoms with E-state index in [1.165, 1.54) is 6.92 Å². The zero-order valence-electron chi connectivity index (χ0n) is 11.4. The number of carboxylic acid groups (broad SMARTS) is 1. The number of hydrogen-bond acceptors (Lipinski definition) is 4. The van der Waals surface area contributed by atoms with Crippen LogP contribution in [0, 0.1) is 0 Å². The maximum atomic E-state index is 11.3. The summed E-state index contributed by atoms with van der Waals surface area (Å²) in [5.41, 5.74) is 0.664. The number of carbonyl (C=O) groups excluding carboxylic acids is 1. The third-order valence-corrected chi connectivity index (χ3v) is 2.94. The Morgan fingerprint density at radius 1 is 1.10 bits per heavy atom. The lowest BCUT2D eigenvalue weighted by Crippen LogP contribution is -2.06. The summed E-state index contributed by atoms with van der Waals surface area (Å²) in [4.78, 5) is 22.6. The minimum absolute atomic E-state index is 0.0221. The molecule has 0 fully saturated rings. The van der Waals surface area contributed by atoms with Gasteiger partial charge in [0.2, 0.25) is 0 Å². The van der Waals surface area contributed by atoms with Crippen LogP contribution in [-0.4, -0.2) is 22.0 Å². The SMILES string of the molecule is CC(=O)c1cc(C(=O)O)c(OCc2ccccc2)cc1O. The topological polar surface area (TPSA) is 83.8 Å². The van der Waals surface area contributed by atoms with Gasteiger partial charge in [0.1, 0.15) is 23.7 Å². The summed E-state index contributed by atoms with van der Waals surface area (Å²) in [5.74, 6) is -1.91. The Balaban J connectivity index is 2.32. The first kappa shape index (κ1) is 14.6. The summed E-state index contributed by atoms with van der Waals surface area (Å²) in [7, 11) is 0. The first-order valence-corrected chi connectivity index (χ1v) is 6.27. The number of carboxylic acids is 1. The molecule has 2 N–H and O–H groups in total. The molecule has 0 aliphatic heterocycles. The van der Waals surface area contributed by atoms with E-state index in [1.807, 2.05) is 30.3 Å². The van der Waals surface area contributed by atoms with E-state index >= 15 is 0 Å². The second-order valence-corrected chi connectivity index (χ2v) is 4.50. The predicted octanol–water partition coefficient (Wildman–Crippen LogP) is 2.87. The molecule has 0 unspecified atom stereocenters. The Hall–Kier alpha value is -2.82. The van der Waals surface area contributed by atoms with Crippen LogP contribution in [-0.2, 0) is 6.61 Å². The smallest absolute Gasteiger partial charge is 0.339 e. The molecule has 0 aliphatic carbocycles. The molecule has 0 saturated carbocycles. The maximum absolute atomic E-state index is 11.3. The molecule has 2 rings (SSSR count). The van der Waals surface area contributed by atoms with E-state index in [2.05, 4.69) is 0 Å². The van der Waals surface area contributed by atoms with Crippen molar-refractivity contribution in [3.05, 3.63) is 59.2 Å². The quantitative estimate of drug-likeness (QED) is 0.826. The number of aromatic carboxylic acids is 1. The van der Waals surface area contributed by atoms with Crippen LogP contribution in [0.3, 0.4) is 0 Å². The van der Waals surface area contributed by atoms with Gasteiger partial charge in [-0.2, -0.15) is 0 Å². The second-order valence-electron chi connectivity index (χ2n) is 4.50. The first-order valence-electron chi connectivity index (χ1n) is 6.27. The summed E-state index contributed by atoms with van der Waals surface area (Å²) in [6, 6.07) is 11.5. The number of rotatable bonds is 5. The van der Waals surface area contributed by atoms with Gasteiger partial charge in [0.05, 0.1) is 5.56 Å². The molecule has 2 aromatic carbocycles. The molecule has 0 heterocycles. The van der Waals surface area contributed by atoms with Crippen molar-refractivity contribution in [3.63, 3.8) is 0 Å². The molecule has 0 amide bonds. The molecule has 0 radical (unpaired) electrons. The summed E-state index contributed by atoms with van der Waals surface area (Å²) in [6.45, 7) is 1.42. The standard InChI is InChI=1S/C16H14O5/c1-10(17)12-7-13(16(19)20)15(8-14(12)18)21-9-11-5-3-2-4-6-11/h2-8,18H,9H2,1H3,(H,19,20). The van der Waals surface area contributed by atoms with Crippen molar-refractivity contribution >= 4 is 11.8 Å². The molecule has 0 bridgehead atoms. The summed E-state index contributed by atoms with van der Waals surface area (Å²) in [5, 5.41) is 19.0. The summed E-state index contributed by atoms with van der Waals surface area (Å²) < 4.78 is 5.45. The molecule has 21 heavy (non-hydrogen) atoms. The Bertz CT molecular complexity index is 677. The number of ketones is 1. The first-order chi connectivity index (χ1) is 9.99. The molecule has 0 aromatic heterocycles. The minimum Gasteiger partial charge on any atom is -0.507 e. The van der Waals surface area contributed by atoms with Gasteiger partial charge in [-0.05, 0) is 18.6 Å². The molecular formula is C16H14O5. The fourth-order valence-corrected chi connectivity index (χ4v) is 1.87. The van der Waals surface area contributed by atoms with E-state index in [9.17, 15) is 19.8 Å². The van der Waals surface area contributed by atoms with Gasteiger partial charge < -0.3 is 14.9 Å². The third-order valence-electron chi connectivity index (χ3n) is 2.94. The minimum atomic E-state index is -1.22. The number of aromatic hydroxyl groups is 1. The van der Waals surface area contributed by atoms with E-state index in [4.69, 9.17) is 4.74 Å². The maximum Gasteiger partial charge on any atom is 0.339 e. The van der Waals surface area contributed by atoms with Crippen LogP contribution in [0.4, 0.5) is 0 Å². The highest BCUT2D eigenvalue weighted by atomic mass is 16.5. The van der Waals surface area contributed by atoms with Gasteiger partial charge in [0.15, 0.2) is 5.78 Å². The molecule has 108 valence electrons. The molecule has 0 saturated heterocycles. The van der Waals surface area contributed by atoms with Gasteiger partial charge in [0.25, 0.3) is 0 Å². The highest BCUT2D eigenvalue weighted by molar-refractivity contribution is 6.01. The fourth-order valence-electron chi connectivity index (χ4n) is 1.87. The number of ether oxygens (including phenoxy) is 1. The Morgan fingerprint density at radius 3 is 2.33 bits per heavy atom. The van der Waals surface area contributed by atoms with Crippen LogP contribution in [0.1, 0.15) is 33.2 Å². The van der Waals surface area contributed by atoms with Gasteiger partial charge >= 0.3 is 5.97 Å². The normalized spacial score (nSPS) is 10.1.